The normalized spacial score (nSPS) is 12.9. The number of pyridine rings is 1. The van der Waals surface area contributed by atoms with E-state index in [1.807, 2.05) is 6.92 Å². The molecule has 0 bridgehead atoms. The molecule has 1 aromatic heterocycles. The van der Waals surface area contributed by atoms with Gasteiger partial charge in [-0.25, -0.2) is 0 Å². The number of halogens is 2. The number of hydrogen-bond acceptors (Lipinski definition) is 3. The van der Waals surface area contributed by atoms with E-state index < -0.39 is 0 Å². The molecular formula is C13H23Cl2N3O. The predicted molar refractivity (Wildman–Crippen MR) is 83.1 cm³/mol. The van der Waals surface area contributed by atoms with Gasteiger partial charge in [0.1, 0.15) is 5.69 Å². The molecule has 0 radical (unpaired) electrons. The second-order valence-electron chi connectivity index (χ2n) is 5.03. The Kier molecular flexibility index (Phi) is 9.84. The molecule has 0 spiro atoms. The van der Waals surface area contributed by atoms with Crippen LogP contribution in [0.1, 0.15) is 37.7 Å². The van der Waals surface area contributed by atoms with Crippen LogP contribution < -0.4 is 11.1 Å². The summed E-state index contributed by atoms with van der Waals surface area (Å²) >= 11 is 0. The van der Waals surface area contributed by atoms with Crippen molar-refractivity contribution < 1.29 is 4.79 Å². The molecule has 6 heteroatoms. The zero-order chi connectivity index (χ0) is 12.9. The molecule has 0 saturated carbocycles. The van der Waals surface area contributed by atoms with Crippen molar-refractivity contribution in [2.24, 2.45) is 11.7 Å². The van der Waals surface area contributed by atoms with Gasteiger partial charge in [-0.05, 0) is 31.4 Å². The van der Waals surface area contributed by atoms with Crippen molar-refractivity contribution in [1.29, 1.82) is 0 Å². The zero-order valence-corrected chi connectivity index (χ0v) is 13.2. The average Bonchev–Trinajstić information content (AvgIpc) is 2.29. The summed E-state index contributed by atoms with van der Waals surface area (Å²) in [6, 6.07) is 5.28. The fourth-order valence-electron chi connectivity index (χ4n) is 1.92. The molecule has 3 N–H and O–H groups in total. The fraction of sp³-hybridized carbons (Fsp3) is 0.538. The van der Waals surface area contributed by atoms with Gasteiger partial charge in [0.15, 0.2) is 0 Å². The monoisotopic (exact) mass is 307 g/mol. The first-order valence-corrected chi connectivity index (χ1v) is 5.90. The van der Waals surface area contributed by atoms with Crippen LogP contribution in [-0.4, -0.2) is 23.0 Å². The summed E-state index contributed by atoms with van der Waals surface area (Å²) in [5.74, 6) is 0.312. The first kappa shape index (κ1) is 20.5. The highest BCUT2D eigenvalue weighted by molar-refractivity contribution is 5.92. The standard InChI is InChI=1S/C13H21N3O.2ClH/c1-10(2)8-13(3,9-14)16-12(17)11-6-4-5-7-15-11;;/h4-7,10H,8-9,14H2,1-3H3,(H,16,17);2*1H. The molecule has 0 saturated heterocycles. The molecule has 4 nitrogen and oxygen atoms in total. The van der Waals surface area contributed by atoms with Crippen molar-refractivity contribution in [1.82, 2.24) is 10.3 Å². The van der Waals surface area contributed by atoms with Gasteiger partial charge in [-0.2, -0.15) is 0 Å². The maximum atomic E-state index is 12.0. The van der Waals surface area contributed by atoms with Gasteiger partial charge in [0.25, 0.3) is 5.91 Å². The lowest BCUT2D eigenvalue weighted by Gasteiger charge is -2.31. The van der Waals surface area contributed by atoms with Crippen molar-refractivity contribution in [3.8, 4) is 0 Å². The van der Waals surface area contributed by atoms with E-state index in [0.717, 1.165) is 6.42 Å². The van der Waals surface area contributed by atoms with Gasteiger partial charge in [0.05, 0.1) is 5.54 Å². The van der Waals surface area contributed by atoms with Crippen molar-refractivity contribution >= 4 is 30.7 Å². The number of amides is 1. The van der Waals surface area contributed by atoms with Gasteiger partial charge < -0.3 is 11.1 Å². The summed E-state index contributed by atoms with van der Waals surface area (Å²) in [5.41, 5.74) is 5.80. The smallest absolute Gasteiger partial charge is 0.270 e. The van der Waals surface area contributed by atoms with Gasteiger partial charge in [-0.15, -0.1) is 24.8 Å². The second-order valence-corrected chi connectivity index (χ2v) is 5.03. The number of carbonyl (C=O) groups is 1. The molecule has 0 aliphatic heterocycles. The van der Waals surface area contributed by atoms with Crippen LogP contribution in [0.2, 0.25) is 0 Å². The minimum absolute atomic E-state index is 0. The molecule has 1 unspecified atom stereocenters. The first-order chi connectivity index (χ1) is 7.97. The maximum Gasteiger partial charge on any atom is 0.270 e. The van der Waals surface area contributed by atoms with Crippen LogP contribution in [0, 0.1) is 5.92 Å². The summed E-state index contributed by atoms with van der Waals surface area (Å²) in [5, 5.41) is 2.96. The molecule has 0 aliphatic carbocycles. The minimum Gasteiger partial charge on any atom is -0.344 e. The van der Waals surface area contributed by atoms with Gasteiger partial charge in [0.2, 0.25) is 0 Å². The van der Waals surface area contributed by atoms with E-state index in [1.54, 1.807) is 24.4 Å². The van der Waals surface area contributed by atoms with Crippen molar-refractivity contribution in [2.45, 2.75) is 32.7 Å². The second kappa shape index (κ2) is 9.13. The Balaban J connectivity index is 0. The molecule has 0 fully saturated rings. The third kappa shape index (κ3) is 6.76. The third-order valence-corrected chi connectivity index (χ3v) is 2.62. The van der Waals surface area contributed by atoms with Crippen molar-refractivity contribution in [3.63, 3.8) is 0 Å². The third-order valence-electron chi connectivity index (χ3n) is 2.62. The molecule has 19 heavy (non-hydrogen) atoms. The summed E-state index contributed by atoms with van der Waals surface area (Å²) in [6.07, 6.45) is 2.46. The Bertz CT molecular complexity index is 373. The Morgan fingerprint density at radius 2 is 2.05 bits per heavy atom. The lowest BCUT2D eigenvalue weighted by Crippen LogP contribution is -2.52. The molecule has 1 heterocycles. The highest BCUT2D eigenvalue weighted by atomic mass is 35.5. The van der Waals surface area contributed by atoms with Gasteiger partial charge in [-0.1, -0.05) is 19.9 Å². The molecule has 1 rings (SSSR count). The average molecular weight is 308 g/mol. The van der Waals surface area contributed by atoms with Crippen LogP contribution in [0.25, 0.3) is 0 Å². The number of nitrogens with zero attached hydrogens (tertiary/aromatic N) is 1. The first-order valence-electron chi connectivity index (χ1n) is 5.90. The Morgan fingerprint density at radius 3 is 2.47 bits per heavy atom. The molecule has 0 aromatic carbocycles. The topological polar surface area (TPSA) is 68.0 Å². The number of carbonyl (C=O) groups excluding carboxylic acids is 1. The molecule has 1 atom stereocenters. The van der Waals surface area contributed by atoms with E-state index in [2.05, 4.69) is 24.1 Å². The molecule has 110 valence electrons. The van der Waals surface area contributed by atoms with Crippen molar-refractivity contribution in [3.05, 3.63) is 30.1 Å². The van der Waals surface area contributed by atoms with Crippen LogP contribution in [-0.2, 0) is 0 Å². The number of nitrogens with two attached hydrogens (primary N) is 1. The Morgan fingerprint density at radius 1 is 1.42 bits per heavy atom. The molecule has 1 aromatic rings. The Hall–Kier alpha value is -0.840. The summed E-state index contributed by atoms with van der Waals surface area (Å²) in [4.78, 5) is 16.0. The number of aromatic nitrogens is 1. The predicted octanol–water partition coefficient (Wildman–Crippen LogP) is 2.42. The Labute approximate surface area is 127 Å². The molecular weight excluding hydrogens is 285 g/mol. The molecule has 1 amide bonds. The summed E-state index contributed by atoms with van der Waals surface area (Å²) < 4.78 is 0. The number of rotatable bonds is 5. The van der Waals surface area contributed by atoms with E-state index in [4.69, 9.17) is 5.73 Å². The lowest BCUT2D eigenvalue weighted by molar-refractivity contribution is 0.0893. The van der Waals surface area contributed by atoms with Gasteiger partial charge in [-0.3, -0.25) is 9.78 Å². The van der Waals surface area contributed by atoms with Crippen LogP contribution in [0.3, 0.4) is 0 Å². The number of hydrogen-bond donors (Lipinski definition) is 2. The van der Waals surface area contributed by atoms with Crippen LogP contribution in [0.4, 0.5) is 0 Å². The SMILES string of the molecule is CC(C)CC(C)(CN)NC(=O)c1ccccn1.Cl.Cl. The highest BCUT2D eigenvalue weighted by Crippen LogP contribution is 2.15. The van der Waals surface area contributed by atoms with E-state index in [9.17, 15) is 4.79 Å². The highest BCUT2D eigenvalue weighted by Gasteiger charge is 2.26. The fourth-order valence-corrected chi connectivity index (χ4v) is 1.92. The van der Waals surface area contributed by atoms with Crippen LogP contribution >= 0.6 is 24.8 Å². The van der Waals surface area contributed by atoms with E-state index in [0.29, 0.717) is 18.2 Å². The van der Waals surface area contributed by atoms with E-state index in [-0.39, 0.29) is 36.3 Å². The summed E-state index contributed by atoms with van der Waals surface area (Å²) in [6.45, 7) is 6.61. The maximum absolute atomic E-state index is 12.0. The van der Waals surface area contributed by atoms with Gasteiger partial charge >= 0.3 is 0 Å². The zero-order valence-electron chi connectivity index (χ0n) is 11.6. The lowest BCUT2D eigenvalue weighted by atomic mass is 9.90. The quantitative estimate of drug-likeness (QED) is 0.878. The molecule has 0 aliphatic rings. The van der Waals surface area contributed by atoms with E-state index in [1.165, 1.54) is 0 Å². The summed E-state index contributed by atoms with van der Waals surface area (Å²) in [7, 11) is 0. The van der Waals surface area contributed by atoms with Crippen LogP contribution in [0.15, 0.2) is 24.4 Å². The van der Waals surface area contributed by atoms with Crippen LogP contribution in [0.5, 0.6) is 0 Å². The van der Waals surface area contributed by atoms with E-state index >= 15 is 0 Å². The number of nitrogens with one attached hydrogen (secondary N) is 1. The van der Waals surface area contributed by atoms with Gasteiger partial charge in [0, 0.05) is 12.7 Å². The van der Waals surface area contributed by atoms with Crippen molar-refractivity contribution in [2.75, 3.05) is 6.54 Å². The minimum atomic E-state index is -0.372. The largest absolute Gasteiger partial charge is 0.344 e.